The lowest BCUT2D eigenvalue weighted by molar-refractivity contribution is -0.122. The second-order valence-corrected chi connectivity index (χ2v) is 5.97. The zero-order valence-corrected chi connectivity index (χ0v) is 13.7. The van der Waals surface area contributed by atoms with Crippen LogP contribution in [0, 0.1) is 12.8 Å². The molecule has 0 bridgehead atoms. The minimum Gasteiger partial charge on any atom is -0.350 e. The number of nitrogens with two attached hydrogens (primary N) is 1. The third-order valence-corrected chi connectivity index (χ3v) is 4.01. The molecule has 0 aliphatic rings. The molecule has 1 unspecified atom stereocenters. The van der Waals surface area contributed by atoms with E-state index in [0.717, 1.165) is 31.2 Å². The Morgan fingerprint density at radius 2 is 1.86 bits per heavy atom. The van der Waals surface area contributed by atoms with E-state index in [9.17, 15) is 4.79 Å². The van der Waals surface area contributed by atoms with Crippen LogP contribution in [-0.4, -0.2) is 12.5 Å². The van der Waals surface area contributed by atoms with Crippen molar-refractivity contribution in [3.05, 3.63) is 35.4 Å². The van der Waals surface area contributed by atoms with Crippen LogP contribution in [0.5, 0.6) is 0 Å². The Morgan fingerprint density at radius 3 is 2.43 bits per heavy atom. The number of benzene rings is 1. The van der Waals surface area contributed by atoms with Gasteiger partial charge in [0, 0.05) is 6.42 Å². The summed E-state index contributed by atoms with van der Waals surface area (Å²) in [6.07, 6.45) is 4.89. The SMILES string of the molecule is CCCC(CCN)CCC(=O)N[C@H](C)c1ccc(C)cc1. The molecule has 0 heterocycles. The molecule has 1 aromatic rings. The molecule has 0 aliphatic carbocycles. The fraction of sp³-hybridized carbons (Fsp3) is 0.611. The number of hydrogen-bond donors (Lipinski definition) is 2. The minimum absolute atomic E-state index is 0.0669. The molecular formula is C18H30N2O. The van der Waals surface area contributed by atoms with E-state index < -0.39 is 0 Å². The van der Waals surface area contributed by atoms with Crippen LogP contribution >= 0.6 is 0 Å². The summed E-state index contributed by atoms with van der Waals surface area (Å²) < 4.78 is 0. The van der Waals surface area contributed by atoms with Crippen molar-refractivity contribution in [3.63, 3.8) is 0 Å². The highest BCUT2D eigenvalue weighted by Crippen LogP contribution is 2.18. The minimum atomic E-state index is 0.0669. The molecule has 1 aromatic carbocycles. The molecule has 0 fully saturated rings. The van der Waals surface area contributed by atoms with Crippen LogP contribution in [0.4, 0.5) is 0 Å². The quantitative estimate of drug-likeness (QED) is 0.728. The van der Waals surface area contributed by atoms with Gasteiger partial charge in [0.1, 0.15) is 0 Å². The van der Waals surface area contributed by atoms with Crippen LogP contribution in [0.3, 0.4) is 0 Å². The van der Waals surface area contributed by atoms with Crippen LogP contribution in [0.25, 0.3) is 0 Å². The number of nitrogens with one attached hydrogen (secondary N) is 1. The van der Waals surface area contributed by atoms with E-state index in [0.29, 0.717) is 18.9 Å². The van der Waals surface area contributed by atoms with Crippen molar-refractivity contribution in [2.75, 3.05) is 6.54 Å². The first kappa shape index (κ1) is 17.7. The number of amides is 1. The summed E-state index contributed by atoms with van der Waals surface area (Å²) in [5.74, 6) is 0.724. The van der Waals surface area contributed by atoms with E-state index in [-0.39, 0.29) is 11.9 Å². The molecule has 0 aliphatic heterocycles. The Labute approximate surface area is 129 Å². The predicted octanol–water partition coefficient (Wildman–Crippen LogP) is 3.72. The zero-order valence-electron chi connectivity index (χ0n) is 13.7. The van der Waals surface area contributed by atoms with Gasteiger partial charge in [-0.25, -0.2) is 0 Å². The van der Waals surface area contributed by atoms with E-state index in [4.69, 9.17) is 5.73 Å². The van der Waals surface area contributed by atoms with E-state index in [2.05, 4.69) is 43.4 Å². The van der Waals surface area contributed by atoms with Crippen LogP contribution in [0.2, 0.25) is 0 Å². The first-order valence-electron chi connectivity index (χ1n) is 8.12. The zero-order chi connectivity index (χ0) is 15.7. The van der Waals surface area contributed by atoms with Crippen molar-refractivity contribution >= 4 is 5.91 Å². The highest BCUT2D eigenvalue weighted by Gasteiger charge is 2.12. The van der Waals surface area contributed by atoms with Crippen molar-refractivity contribution < 1.29 is 4.79 Å². The summed E-state index contributed by atoms with van der Waals surface area (Å²) in [4.78, 5) is 12.1. The fourth-order valence-corrected chi connectivity index (χ4v) is 2.66. The summed E-state index contributed by atoms with van der Waals surface area (Å²) in [5, 5.41) is 3.09. The average Bonchev–Trinajstić information content (AvgIpc) is 2.46. The second-order valence-electron chi connectivity index (χ2n) is 5.97. The average molecular weight is 290 g/mol. The van der Waals surface area contributed by atoms with Gasteiger partial charge in [-0.1, -0.05) is 49.6 Å². The molecule has 0 saturated heterocycles. The molecule has 0 saturated carbocycles. The Morgan fingerprint density at radius 1 is 1.19 bits per heavy atom. The van der Waals surface area contributed by atoms with Crippen molar-refractivity contribution in [2.24, 2.45) is 11.7 Å². The molecule has 2 atom stereocenters. The first-order chi connectivity index (χ1) is 10.1. The van der Waals surface area contributed by atoms with Gasteiger partial charge in [0.2, 0.25) is 5.91 Å². The molecule has 0 radical (unpaired) electrons. The van der Waals surface area contributed by atoms with E-state index in [1.807, 2.05) is 6.92 Å². The Hall–Kier alpha value is -1.35. The van der Waals surface area contributed by atoms with Gasteiger partial charge in [0.15, 0.2) is 0 Å². The Bertz CT molecular complexity index is 408. The summed E-state index contributed by atoms with van der Waals surface area (Å²) in [6.45, 7) is 7.00. The molecule has 3 nitrogen and oxygen atoms in total. The number of hydrogen-bond acceptors (Lipinski definition) is 2. The lowest BCUT2D eigenvalue weighted by Crippen LogP contribution is -2.27. The largest absolute Gasteiger partial charge is 0.350 e. The maximum absolute atomic E-state index is 12.1. The molecule has 3 heteroatoms. The number of rotatable bonds is 9. The molecule has 1 rings (SSSR count). The number of carbonyl (C=O) groups excluding carboxylic acids is 1. The molecule has 1 amide bonds. The third-order valence-electron chi connectivity index (χ3n) is 4.01. The van der Waals surface area contributed by atoms with Gasteiger partial charge >= 0.3 is 0 Å². The van der Waals surface area contributed by atoms with Crippen LogP contribution < -0.4 is 11.1 Å². The van der Waals surface area contributed by atoms with Crippen molar-refractivity contribution in [2.45, 2.75) is 58.9 Å². The molecule has 0 spiro atoms. The van der Waals surface area contributed by atoms with Crippen molar-refractivity contribution in [3.8, 4) is 0 Å². The van der Waals surface area contributed by atoms with Gasteiger partial charge in [-0.05, 0) is 44.7 Å². The lowest BCUT2D eigenvalue weighted by atomic mass is 9.94. The first-order valence-corrected chi connectivity index (χ1v) is 8.12. The van der Waals surface area contributed by atoms with E-state index in [1.54, 1.807) is 0 Å². The summed E-state index contributed by atoms with van der Waals surface area (Å²) >= 11 is 0. The summed E-state index contributed by atoms with van der Waals surface area (Å²) in [7, 11) is 0. The molecule has 3 N–H and O–H groups in total. The van der Waals surface area contributed by atoms with Gasteiger partial charge in [-0.3, -0.25) is 4.79 Å². The van der Waals surface area contributed by atoms with Gasteiger partial charge in [-0.15, -0.1) is 0 Å². The summed E-state index contributed by atoms with van der Waals surface area (Å²) in [6, 6.07) is 8.38. The van der Waals surface area contributed by atoms with Crippen molar-refractivity contribution in [1.29, 1.82) is 0 Å². The normalized spacial score (nSPS) is 13.7. The lowest BCUT2D eigenvalue weighted by Gasteiger charge is -2.17. The monoisotopic (exact) mass is 290 g/mol. The molecular weight excluding hydrogens is 260 g/mol. The number of aryl methyl sites for hydroxylation is 1. The highest BCUT2D eigenvalue weighted by molar-refractivity contribution is 5.76. The maximum Gasteiger partial charge on any atom is 0.220 e. The van der Waals surface area contributed by atoms with E-state index in [1.165, 1.54) is 5.56 Å². The van der Waals surface area contributed by atoms with Gasteiger partial charge in [-0.2, -0.15) is 0 Å². The van der Waals surface area contributed by atoms with Crippen LogP contribution in [0.1, 0.15) is 63.1 Å². The third kappa shape index (κ3) is 6.76. The number of carbonyl (C=O) groups is 1. The highest BCUT2D eigenvalue weighted by atomic mass is 16.1. The summed E-state index contributed by atoms with van der Waals surface area (Å²) in [5.41, 5.74) is 8.03. The van der Waals surface area contributed by atoms with Gasteiger partial charge in [0.25, 0.3) is 0 Å². The van der Waals surface area contributed by atoms with E-state index >= 15 is 0 Å². The predicted molar refractivity (Wildman–Crippen MR) is 89.0 cm³/mol. The smallest absolute Gasteiger partial charge is 0.220 e. The van der Waals surface area contributed by atoms with Gasteiger partial charge < -0.3 is 11.1 Å². The second kappa shape index (κ2) is 9.56. The molecule has 0 aromatic heterocycles. The standard InChI is InChI=1S/C18H30N2O/c1-4-5-16(12-13-19)8-11-18(21)20-15(3)17-9-6-14(2)7-10-17/h6-7,9-10,15-16H,4-5,8,11-13,19H2,1-3H3,(H,20,21)/t15-,16?/m1/s1. The molecule has 118 valence electrons. The van der Waals surface area contributed by atoms with Gasteiger partial charge in [0.05, 0.1) is 6.04 Å². The van der Waals surface area contributed by atoms with Crippen molar-refractivity contribution in [1.82, 2.24) is 5.32 Å². The van der Waals surface area contributed by atoms with Crippen LogP contribution in [-0.2, 0) is 4.79 Å². The Kier molecular flexibility index (Phi) is 8.06. The molecule has 21 heavy (non-hydrogen) atoms. The Balaban J connectivity index is 2.40. The maximum atomic E-state index is 12.1. The van der Waals surface area contributed by atoms with Crippen LogP contribution in [0.15, 0.2) is 24.3 Å². The topological polar surface area (TPSA) is 55.1 Å². The fourth-order valence-electron chi connectivity index (χ4n) is 2.66.